The van der Waals surface area contributed by atoms with Crippen LogP contribution in [0.3, 0.4) is 0 Å². The van der Waals surface area contributed by atoms with Crippen molar-refractivity contribution in [3.63, 3.8) is 0 Å². The summed E-state index contributed by atoms with van der Waals surface area (Å²) in [6, 6.07) is 9.12. The van der Waals surface area contributed by atoms with Crippen LogP contribution < -0.4 is 0 Å². The molecule has 0 radical (unpaired) electrons. The molecule has 1 aliphatic heterocycles. The molecule has 1 aromatic carbocycles. The van der Waals surface area contributed by atoms with Crippen LogP contribution in [0.5, 0.6) is 0 Å². The molecule has 1 saturated heterocycles. The monoisotopic (exact) mass is 355 g/mol. The molecule has 0 saturated carbocycles. The number of piperidine rings is 1. The lowest BCUT2D eigenvalue weighted by molar-refractivity contribution is -0.132. The first kappa shape index (κ1) is 18.3. The molecule has 0 aliphatic carbocycles. The van der Waals surface area contributed by atoms with Crippen molar-refractivity contribution in [1.29, 1.82) is 0 Å². The van der Waals surface area contributed by atoms with Crippen LogP contribution in [-0.4, -0.2) is 39.9 Å². The summed E-state index contributed by atoms with van der Waals surface area (Å²) < 4.78 is 5.74. The Morgan fingerprint density at radius 1 is 1.12 bits per heavy atom. The summed E-state index contributed by atoms with van der Waals surface area (Å²) in [5, 5.41) is 8.25. The Morgan fingerprint density at radius 2 is 1.81 bits per heavy atom. The molecule has 26 heavy (non-hydrogen) atoms. The fraction of sp³-hybridized carbons (Fsp3) is 0.500. The van der Waals surface area contributed by atoms with E-state index in [2.05, 4.69) is 10.2 Å². The van der Waals surface area contributed by atoms with Crippen molar-refractivity contribution in [3.8, 4) is 0 Å². The van der Waals surface area contributed by atoms with Gasteiger partial charge in [0.15, 0.2) is 5.78 Å². The SMILES string of the molecule is CC(C)c1nnc(C2CCN(C(=O)CCC(=O)c3ccccc3)CC2)o1. The molecule has 1 aromatic heterocycles. The van der Waals surface area contributed by atoms with Crippen molar-refractivity contribution < 1.29 is 14.0 Å². The number of amides is 1. The van der Waals surface area contributed by atoms with Gasteiger partial charge in [-0.15, -0.1) is 10.2 Å². The molecule has 0 spiro atoms. The average Bonchev–Trinajstić information content (AvgIpc) is 3.17. The molecule has 0 atom stereocenters. The van der Waals surface area contributed by atoms with E-state index >= 15 is 0 Å². The van der Waals surface area contributed by atoms with E-state index in [1.165, 1.54) is 0 Å². The highest BCUT2D eigenvalue weighted by Gasteiger charge is 2.27. The third-order valence-electron chi connectivity index (χ3n) is 4.81. The van der Waals surface area contributed by atoms with Gasteiger partial charge in [0.05, 0.1) is 0 Å². The first-order chi connectivity index (χ1) is 12.5. The summed E-state index contributed by atoms with van der Waals surface area (Å²) in [7, 11) is 0. The largest absolute Gasteiger partial charge is 0.425 e. The lowest BCUT2D eigenvalue weighted by Gasteiger charge is -2.30. The van der Waals surface area contributed by atoms with Crippen molar-refractivity contribution in [1.82, 2.24) is 15.1 Å². The maximum absolute atomic E-state index is 12.4. The maximum Gasteiger partial charge on any atom is 0.223 e. The van der Waals surface area contributed by atoms with Crippen molar-refractivity contribution in [2.75, 3.05) is 13.1 Å². The van der Waals surface area contributed by atoms with E-state index in [0.29, 0.717) is 30.4 Å². The average molecular weight is 355 g/mol. The summed E-state index contributed by atoms with van der Waals surface area (Å²) in [4.78, 5) is 26.4. The van der Waals surface area contributed by atoms with Crippen LogP contribution in [0.2, 0.25) is 0 Å². The number of hydrogen-bond acceptors (Lipinski definition) is 5. The molecular formula is C20H25N3O3. The van der Waals surface area contributed by atoms with Crippen molar-refractivity contribution in [2.45, 2.75) is 51.4 Å². The van der Waals surface area contributed by atoms with Crippen LogP contribution >= 0.6 is 0 Å². The molecule has 138 valence electrons. The first-order valence-corrected chi connectivity index (χ1v) is 9.24. The van der Waals surface area contributed by atoms with Gasteiger partial charge in [-0.3, -0.25) is 9.59 Å². The van der Waals surface area contributed by atoms with Gasteiger partial charge in [0, 0.05) is 43.3 Å². The van der Waals surface area contributed by atoms with E-state index in [9.17, 15) is 9.59 Å². The number of rotatable bonds is 6. The van der Waals surface area contributed by atoms with Gasteiger partial charge in [-0.2, -0.15) is 0 Å². The van der Waals surface area contributed by atoms with E-state index in [1.807, 2.05) is 36.9 Å². The molecule has 0 N–H and O–H groups in total. The standard InChI is InChI=1S/C20H25N3O3/c1-14(2)19-21-22-20(26-19)16-10-12-23(13-11-16)18(25)9-8-17(24)15-6-4-3-5-7-15/h3-7,14,16H,8-13H2,1-2H3. The summed E-state index contributed by atoms with van der Waals surface area (Å²) in [6.07, 6.45) is 2.15. The second-order valence-corrected chi connectivity index (χ2v) is 7.08. The van der Waals surface area contributed by atoms with Gasteiger partial charge in [-0.1, -0.05) is 44.2 Å². The van der Waals surface area contributed by atoms with E-state index in [-0.39, 0.29) is 36.4 Å². The highest BCUT2D eigenvalue weighted by atomic mass is 16.4. The quantitative estimate of drug-likeness (QED) is 0.741. The van der Waals surface area contributed by atoms with Gasteiger partial charge in [0.25, 0.3) is 0 Å². The Bertz CT molecular complexity index is 747. The Balaban J connectivity index is 1.46. The maximum atomic E-state index is 12.4. The zero-order valence-electron chi connectivity index (χ0n) is 15.4. The zero-order chi connectivity index (χ0) is 18.5. The van der Waals surface area contributed by atoms with E-state index in [0.717, 1.165) is 12.8 Å². The third kappa shape index (κ3) is 4.36. The van der Waals surface area contributed by atoms with Crippen LogP contribution in [-0.2, 0) is 4.79 Å². The number of likely N-dealkylation sites (tertiary alicyclic amines) is 1. The summed E-state index contributed by atoms with van der Waals surface area (Å²) in [5.41, 5.74) is 0.663. The molecule has 1 amide bonds. The number of benzene rings is 1. The molecule has 6 nitrogen and oxygen atoms in total. The Morgan fingerprint density at radius 3 is 2.42 bits per heavy atom. The lowest BCUT2D eigenvalue weighted by Crippen LogP contribution is -2.38. The van der Waals surface area contributed by atoms with Gasteiger partial charge >= 0.3 is 0 Å². The minimum absolute atomic E-state index is 0.0147. The smallest absolute Gasteiger partial charge is 0.223 e. The van der Waals surface area contributed by atoms with Crippen LogP contribution in [0, 0.1) is 0 Å². The Hall–Kier alpha value is -2.50. The van der Waals surface area contributed by atoms with E-state index < -0.39 is 0 Å². The molecule has 1 aliphatic rings. The number of hydrogen-bond donors (Lipinski definition) is 0. The Labute approximate surface area is 153 Å². The van der Waals surface area contributed by atoms with Gasteiger partial charge < -0.3 is 9.32 Å². The molecular weight excluding hydrogens is 330 g/mol. The van der Waals surface area contributed by atoms with Gasteiger partial charge in [0.2, 0.25) is 17.7 Å². The predicted molar refractivity (Wildman–Crippen MR) is 96.9 cm³/mol. The number of aromatic nitrogens is 2. The number of carbonyl (C=O) groups excluding carboxylic acids is 2. The van der Waals surface area contributed by atoms with Crippen LogP contribution in [0.15, 0.2) is 34.7 Å². The molecule has 2 aromatic rings. The predicted octanol–water partition coefficient (Wildman–Crippen LogP) is 3.56. The van der Waals surface area contributed by atoms with E-state index in [1.54, 1.807) is 12.1 Å². The molecule has 0 bridgehead atoms. The molecule has 2 heterocycles. The van der Waals surface area contributed by atoms with Gasteiger partial charge in [-0.25, -0.2) is 0 Å². The number of ketones is 1. The van der Waals surface area contributed by atoms with Crippen LogP contribution in [0.25, 0.3) is 0 Å². The second-order valence-electron chi connectivity index (χ2n) is 7.08. The van der Waals surface area contributed by atoms with Crippen molar-refractivity contribution in [3.05, 3.63) is 47.7 Å². The van der Waals surface area contributed by atoms with Crippen LogP contribution in [0.4, 0.5) is 0 Å². The third-order valence-corrected chi connectivity index (χ3v) is 4.81. The minimum atomic E-state index is 0.0147. The van der Waals surface area contributed by atoms with Crippen molar-refractivity contribution >= 4 is 11.7 Å². The minimum Gasteiger partial charge on any atom is -0.425 e. The first-order valence-electron chi connectivity index (χ1n) is 9.24. The number of Topliss-reactive ketones (excluding diaryl/α,β-unsaturated/α-hetero) is 1. The topological polar surface area (TPSA) is 76.3 Å². The second kappa shape index (κ2) is 8.25. The number of nitrogens with zero attached hydrogens (tertiary/aromatic N) is 3. The lowest BCUT2D eigenvalue weighted by atomic mass is 9.96. The number of carbonyl (C=O) groups is 2. The molecule has 3 rings (SSSR count). The van der Waals surface area contributed by atoms with Gasteiger partial charge in [0.1, 0.15) is 0 Å². The molecule has 0 unspecified atom stereocenters. The normalized spacial score (nSPS) is 15.4. The summed E-state index contributed by atoms with van der Waals surface area (Å²) in [5.74, 6) is 1.84. The highest BCUT2D eigenvalue weighted by Crippen LogP contribution is 2.28. The summed E-state index contributed by atoms with van der Waals surface area (Å²) >= 11 is 0. The zero-order valence-corrected chi connectivity index (χ0v) is 15.4. The van der Waals surface area contributed by atoms with Crippen molar-refractivity contribution in [2.24, 2.45) is 0 Å². The fourth-order valence-electron chi connectivity index (χ4n) is 3.17. The fourth-order valence-corrected chi connectivity index (χ4v) is 3.17. The summed E-state index contributed by atoms with van der Waals surface area (Å²) in [6.45, 7) is 5.38. The van der Waals surface area contributed by atoms with E-state index in [4.69, 9.17) is 4.42 Å². The van der Waals surface area contributed by atoms with Gasteiger partial charge in [-0.05, 0) is 12.8 Å². The van der Waals surface area contributed by atoms with Crippen LogP contribution in [0.1, 0.15) is 73.5 Å². The molecule has 6 heteroatoms. The highest BCUT2D eigenvalue weighted by molar-refractivity contribution is 5.97. The Kier molecular flexibility index (Phi) is 5.81. The molecule has 1 fully saturated rings.